The van der Waals surface area contributed by atoms with Crippen molar-refractivity contribution in [2.75, 3.05) is 6.61 Å². The summed E-state index contributed by atoms with van der Waals surface area (Å²) in [4.78, 5) is 10.5. The fourth-order valence-corrected chi connectivity index (χ4v) is 1.76. The Kier molecular flexibility index (Phi) is 5.64. The maximum Gasteiger partial charge on any atom is 0.328 e. The predicted molar refractivity (Wildman–Crippen MR) is 77.7 cm³/mol. The summed E-state index contributed by atoms with van der Waals surface area (Å²) in [5, 5.41) is 8.61. The van der Waals surface area contributed by atoms with E-state index in [1.54, 1.807) is 6.08 Å². The van der Waals surface area contributed by atoms with Gasteiger partial charge in [-0.3, -0.25) is 0 Å². The summed E-state index contributed by atoms with van der Waals surface area (Å²) in [5.74, 6) is -0.149. The van der Waals surface area contributed by atoms with Gasteiger partial charge >= 0.3 is 5.97 Å². The number of carboxylic acid groups (broad SMARTS) is 1. The average Bonchev–Trinajstić information content (AvgIpc) is 2.34. The monoisotopic (exact) mass is 280 g/mol. The van der Waals surface area contributed by atoms with E-state index in [-0.39, 0.29) is 0 Å². The van der Waals surface area contributed by atoms with Crippen LogP contribution in [0.2, 0.25) is 0 Å². The van der Waals surface area contributed by atoms with Crippen molar-refractivity contribution in [3.8, 4) is 5.75 Å². The molecule has 102 valence electrons. The smallest absolute Gasteiger partial charge is 0.328 e. The summed E-state index contributed by atoms with van der Waals surface area (Å²) in [7, 11) is 0. The summed E-state index contributed by atoms with van der Waals surface area (Å²) in [6.07, 6.45) is 2.69. The van der Waals surface area contributed by atoms with E-state index in [1.807, 2.05) is 32.9 Å². The highest BCUT2D eigenvalue weighted by atomic mass is 35.5. The Balaban J connectivity index is 2.94. The van der Waals surface area contributed by atoms with Crippen molar-refractivity contribution in [2.24, 2.45) is 0 Å². The number of ether oxygens (including phenoxy) is 1. The molecule has 0 aliphatic heterocycles. The molecule has 0 heterocycles. The maximum atomic E-state index is 10.5. The minimum Gasteiger partial charge on any atom is -0.489 e. The first-order valence-electron chi connectivity index (χ1n) is 5.85. The van der Waals surface area contributed by atoms with Crippen LogP contribution in [-0.2, 0) is 4.79 Å². The van der Waals surface area contributed by atoms with Crippen molar-refractivity contribution < 1.29 is 14.6 Å². The molecule has 19 heavy (non-hydrogen) atoms. The van der Waals surface area contributed by atoms with E-state index in [4.69, 9.17) is 21.4 Å². The number of aryl methyl sites for hydroxylation is 2. The first-order chi connectivity index (χ1) is 8.93. The highest BCUT2D eigenvalue weighted by Gasteiger charge is 2.06. The molecule has 0 aromatic heterocycles. The second-order valence-electron chi connectivity index (χ2n) is 4.40. The van der Waals surface area contributed by atoms with Gasteiger partial charge in [-0.25, -0.2) is 4.79 Å². The summed E-state index contributed by atoms with van der Waals surface area (Å²) in [6.45, 7) is 6.19. The van der Waals surface area contributed by atoms with E-state index in [9.17, 15) is 4.79 Å². The Hall–Kier alpha value is -1.74. The summed E-state index contributed by atoms with van der Waals surface area (Å²) in [5.41, 5.74) is 5.21. The van der Waals surface area contributed by atoms with Gasteiger partial charge in [-0.05, 0) is 61.2 Å². The van der Waals surface area contributed by atoms with Crippen LogP contribution in [0.5, 0.6) is 5.75 Å². The molecule has 4 heteroatoms. The second-order valence-corrected chi connectivity index (χ2v) is 4.62. The predicted octanol–water partition coefficient (Wildman–Crippen LogP) is 3.92. The lowest BCUT2D eigenvalue weighted by atomic mass is 10.1. The zero-order chi connectivity index (χ0) is 14.4. The van der Waals surface area contributed by atoms with Crippen LogP contribution >= 0.6 is 11.6 Å². The van der Waals surface area contributed by atoms with E-state index >= 15 is 0 Å². The zero-order valence-electron chi connectivity index (χ0n) is 11.2. The van der Waals surface area contributed by atoms with Crippen LogP contribution in [0.25, 0.3) is 6.08 Å². The van der Waals surface area contributed by atoms with E-state index < -0.39 is 5.97 Å². The lowest BCUT2D eigenvalue weighted by Gasteiger charge is -2.13. The fraction of sp³-hybridized carbons (Fsp3) is 0.267. The molecule has 0 saturated heterocycles. The molecule has 1 N–H and O–H groups in total. The molecule has 0 amide bonds. The Morgan fingerprint density at radius 2 is 1.95 bits per heavy atom. The van der Waals surface area contributed by atoms with Crippen molar-refractivity contribution in [2.45, 2.75) is 20.8 Å². The molecule has 3 nitrogen and oxygen atoms in total. The molecule has 1 aromatic carbocycles. The largest absolute Gasteiger partial charge is 0.489 e. The van der Waals surface area contributed by atoms with Crippen molar-refractivity contribution in [1.82, 2.24) is 0 Å². The minimum absolute atomic E-state index is 0.440. The number of aliphatic carboxylic acids is 1. The van der Waals surface area contributed by atoms with Crippen LogP contribution in [0.15, 0.2) is 29.3 Å². The van der Waals surface area contributed by atoms with Crippen LogP contribution in [0, 0.1) is 13.8 Å². The molecule has 0 unspecified atom stereocenters. The SMILES string of the molecule is C/C(=C/Cl)COc1c(C)cc(/C=C/C(=O)O)cc1C. The molecule has 1 aromatic rings. The van der Waals surface area contributed by atoms with Crippen LogP contribution in [0.4, 0.5) is 0 Å². The van der Waals surface area contributed by atoms with E-state index in [1.165, 1.54) is 5.54 Å². The molecule has 1 rings (SSSR count). The average molecular weight is 281 g/mol. The topological polar surface area (TPSA) is 46.5 Å². The maximum absolute atomic E-state index is 10.5. The minimum atomic E-state index is -0.960. The van der Waals surface area contributed by atoms with Gasteiger partial charge in [-0.15, -0.1) is 0 Å². The Morgan fingerprint density at radius 1 is 1.37 bits per heavy atom. The number of carbonyl (C=O) groups is 1. The van der Waals surface area contributed by atoms with E-state index in [0.29, 0.717) is 6.61 Å². The molecule has 0 aliphatic rings. The van der Waals surface area contributed by atoms with Gasteiger partial charge in [-0.2, -0.15) is 0 Å². The fourth-order valence-electron chi connectivity index (χ4n) is 1.69. The lowest BCUT2D eigenvalue weighted by Crippen LogP contribution is -2.02. The molecule has 0 spiro atoms. The Bertz CT molecular complexity index is 507. The second kappa shape index (κ2) is 7.00. The Labute approximate surface area is 118 Å². The molecule has 0 fully saturated rings. The van der Waals surface area contributed by atoms with Gasteiger partial charge < -0.3 is 9.84 Å². The zero-order valence-corrected chi connectivity index (χ0v) is 12.0. The Morgan fingerprint density at radius 3 is 2.42 bits per heavy atom. The highest BCUT2D eigenvalue weighted by molar-refractivity contribution is 6.25. The van der Waals surface area contributed by atoms with E-state index in [2.05, 4.69) is 0 Å². The number of rotatable bonds is 5. The molecule has 0 atom stereocenters. The summed E-state index contributed by atoms with van der Waals surface area (Å²) < 4.78 is 5.71. The van der Waals surface area contributed by atoms with E-state index in [0.717, 1.165) is 34.1 Å². The number of hydrogen-bond acceptors (Lipinski definition) is 2. The van der Waals surface area contributed by atoms with Gasteiger partial charge in [0.2, 0.25) is 0 Å². The third-order valence-electron chi connectivity index (χ3n) is 2.53. The number of carboxylic acids is 1. The molecular weight excluding hydrogens is 264 g/mol. The molecular formula is C15H17ClO3. The number of hydrogen-bond donors (Lipinski definition) is 1. The van der Waals surface area contributed by atoms with Crippen molar-refractivity contribution in [1.29, 1.82) is 0 Å². The quantitative estimate of drug-likeness (QED) is 0.832. The van der Waals surface area contributed by atoms with Gasteiger partial charge in [0.1, 0.15) is 12.4 Å². The molecule has 0 bridgehead atoms. The van der Waals surface area contributed by atoms with Crippen LogP contribution in [-0.4, -0.2) is 17.7 Å². The standard InChI is InChI=1S/C15H17ClO3/c1-10(8-16)9-19-15-11(2)6-13(7-12(15)3)4-5-14(17)18/h4-8H,9H2,1-3H3,(H,17,18)/b5-4+,10-8-. The number of halogens is 1. The first-order valence-corrected chi connectivity index (χ1v) is 6.28. The van der Waals surface area contributed by atoms with Gasteiger partial charge in [0.05, 0.1) is 0 Å². The van der Waals surface area contributed by atoms with Crippen LogP contribution in [0.3, 0.4) is 0 Å². The van der Waals surface area contributed by atoms with Crippen molar-refractivity contribution in [3.05, 3.63) is 46.0 Å². The van der Waals surface area contributed by atoms with Gasteiger partial charge in [0.25, 0.3) is 0 Å². The third kappa shape index (κ3) is 4.79. The van der Waals surface area contributed by atoms with Crippen LogP contribution < -0.4 is 4.74 Å². The number of benzene rings is 1. The summed E-state index contributed by atoms with van der Waals surface area (Å²) in [6, 6.07) is 3.78. The lowest BCUT2D eigenvalue weighted by molar-refractivity contribution is -0.131. The van der Waals surface area contributed by atoms with Crippen molar-refractivity contribution >= 4 is 23.6 Å². The highest BCUT2D eigenvalue weighted by Crippen LogP contribution is 2.26. The van der Waals surface area contributed by atoms with Gasteiger partial charge in [0.15, 0.2) is 0 Å². The molecule has 0 saturated carbocycles. The van der Waals surface area contributed by atoms with Crippen LogP contribution in [0.1, 0.15) is 23.6 Å². The normalized spacial score (nSPS) is 11.9. The van der Waals surface area contributed by atoms with Gasteiger partial charge in [0, 0.05) is 11.6 Å². The molecule has 0 aliphatic carbocycles. The third-order valence-corrected chi connectivity index (χ3v) is 2.90. The summed E-state index contributed by atoms with van der Waals surface area (Å²) >= 11 is 5.59. The molecule has 0 radical (unpaired) electrons. The van der Waals surface area contributed by atoms with Crippen molar-refractivity contribution in [3.63, 3.8) is 0 Å². The first kappa shape index (κ1) is 15.3. The van der Waals surface area contributed by atoms with Gasteiger partial charge in [-0.1, -0.05) is 11.6 Å².